The van der Waals surface area contributed by atoms with Gasteiger partial charge in [0.15, 0.2) is 0 Å². The number of hydrogen-bond donors (Lipinski definition) is 1. The molecule has 0 saturated heterocycles. The summed E-state index contributed by atoms with van der Waals surface area (Å²) in [5.41, 5.74) is -1.33. The second-order valence-corrected chi connectivity index (χ2v) is 4.30. The molecule has 1 atom stereocenters. The van der Waals surface area contributed by atoms with E-state index < -0.39 is 10.1 Å². The summed E-state index contributed by atoms with van der Waals surface area (Å²) in [5.74, 6) is 0. The van der Waals surface area contributed by atoms with E-state index >= 15 is 0 Å². The zero-order valence-corrected chi connectivity index (χ0v) is 8.15. The van der Waals surface area contributed by atoms with Crippen molar-refractivity contribution < 1.29 is 4.39 Å². The van der Waals surface area contributed by atoms with Crippen LogP contribution in [-0.2, 0) is 0 Å². The SMILES string of the molecule is CC(C)(F)C1(Br)C=CC=CN1. The second kappa shape index (κ2) is 2.63. The molecule has 0 saturated carbocycles. The fourth-order valence-corrected chi connectivity index (χ4v) is 1.12. The summed E-state index contributed by atoms with van der Waals surface area (Å²) in [6, 6.07) is 0. The third kappa shape index (κ3) is 1.64. The molecule has 3 heteroatoms. The van der Waals surface area contributed by atoms with Crippen LogP contribution in [0.4, 0.5) is 4.39 Å². The second-order valence-electron chi connectivity index (χ2n) is 3.05. The molecule has 1 N–H and O–H groups in total. The summed E-state index contributed by atoms with van der Waals surface area (Å²) >= 11 is 3.29. The molecule has 0 aromatic carbocycles. The molecule has 1 aliphatic heterocycles. The molecule has 0 radical (unpaired) electrons. The predicted octanol–water partition coefficient (Wildman–Crippen LogP) is 2.50. The predicted molar refractivity (Wildman–Crippen MR) is 48.3 cm³/mol. The van der Waals surface area contributed by atoms with E-state index in [0.717, 1.165) is 0 Å². The molecule has 11 heavy (non-hydrogen) atoms. The summed E-state index contributed by atoms with van der Waals surface area (Å²) in [7, 11) is 0. The maximum atomic E-state index is 13.5. The van der Waals surface area contributed by atoms with Crippen LogP contribution in [0.25, 0.3) is 0 Å². The first kappa shape index (κ1) is 8.78. The van der Waals surface area contributed by atoms with Crippen LogP contribution in [0.5, 0.6) is 0 Å². The van der Waals surface area contributed by atoms with Gasteiger partial charge < -0.3 is 5.32 Å². The molecule has 1 aliphatic rings. The third-order valence-corrected chi connectivity index (χ3v) is 3.13. The lowest BCUT2D eigenvalue weighted by molar-refractivity contribution is 0.167. The molecular weight excluding hydrogens is 209 g/mol. The molecule has 1 nitrogen and oxygen atoms in total. The molecule has 0 amide bonds. The summed E-state index contributed by atoms with van der Waals surface area (Å²) in [4.78, 5) is 0. The van der Waals surface area contributed by atoms with Crippen LogP contribution in [0.1, 0.15) is 13.8 Å². The van der Waals surface area contributed by atoms with Crippen LogP contribution in [-0.4, -0.2) is 10.1 Å². The number of halogens is 2. The number of hydrogen-bond acceptors (Lipinski definition) is 1. The Morgan fingerprint density at radius 2 is 2.09 bits per heavy atom. The standard InChI is InChI=1S/C8H11BrFN/c1-7(2,10)8(9)5-3-4-6-11-8/h3-6,11H,1-2H3. The van der Waals surface area contributed by atoms with Crippen LogP contribution in [0.15, 0.2) is 24.4 Å². The van der Waals surface area contributed by atoms with Crippen molar-refractivity contribution in [3.63, 3.8) is 0 Å². The highest BCUT2D eigenvalue weighted by atomic mass is 79.9. The molecule has 0 aromatic rings. The average molecular weight is 220 g/mol. The fraction of sp³-hybridized carbons (Fsp3) is 0.500. The Morgan fingerprint density at radius 1 is 1.45 bits per heavy atom. The van der Waals surface area contributed by atoms with Gasteiger partial charge >= 0.3 is 0 Å². The Kier molecular flexibility index (Phi) is 2.10. The average Bonchev–Trinajstić information content (AvgIpc) is 1.87. The van der Waals surface area contributed by atoms with Crippen LogP contribution in [0.2, 0.25) is 0 Å². The third-order valence-electron chi connectivity index (χ3n) is 1.69. The summed E-state index contributed by atoms with van der Waals surface area (Å²) in [5, 5.41) is 2.91. The van der Waals surface area contributed by atoms with E-state index in [0.29, 0.717) is 0 Å². The summed E-state index contributed by atoms with van der Waals surface area (Å²) in [6.45, 7) is 3.05. The van der Waals surface area contributed by atoms with Crippen molar-refractivity contribution in [3.05, 3.63) is 24.4 Å². The van der Waals surface area contributed by atoms with Gasteiger partial charge in [0, 0.05) is 0 Å². The fourth-order valence-electron chi connectivity index (χ4n) is 0.831. The van der Waals surface area contributed by atoms with Crippen molar-refractivity contribution in [2.24, 2.45) is 0 Å². The first-order chi connectivity index (χ1) is 4.96. The van der Waals surface area contributed by atoms with Crippen molar-refractivity contribution in [1.82, 2.24) is 5.32 Å². The number of alkyl halides is 2. The molecule has 62 valence electrons. The van der Waals surface area contributed by atoms with Crippen LogP contribution in [0.3, 0.4) is 0 Å². The minimum absolute atomic E-state index is 0.755. The van der Waals surface area contributed by atoms with Crippen molar-refractivity contribution in [2.75, 3.05) is 0 Å². The van der Waals surface area contributed by atoms with Crippen LogP contribution >= 0.6 is 15.9 Å². The quantitative estimate of drug-likeness (QED) is 0.528. The Hall–Kier alpha value is -0.310. The van der Waals surface area contributed by atoms with Gasteiger partial charge in [0.2, 0.25) is 0 Å². The smallest absolute Gasteiger partial charge is 0.145 e. The number of rotatable bonds is 1. The van der Waals surface area contributed by atoms with E-state index in [1.807, 2.05) is 12.2 Å². The Morgan fingerprint density at radius 3 is 2.36 bits per heavy atom. The Balaban J connectivity index is 2.84. The maximum absolute atomic E-state index is 13.5. The van der Waals surface area contributed by atoms with Gasteiger partial charge in [0.05, 0.1) is 0 Å². The van der Waals surface area contributed by atoms with Gasteiger partial charge in [-0.1, -0.05) is 22.0 Å². The van der Waals surface area contributed by atoms with Crippen LogP contribution < -0.4 is 5.32 Å². The minimum atomic E-state index is -1.33. The van der Waals surface area contributed by atoms with Crippen molar-refractivity contribution in [3.8, 4) is 0 Å². The largest absolute Gasteiger partial charge is 0.370 e. The minimum Gasteiger partial charge on any atom is -0.370 e. The lowest BCUT2D eigenvalue weighted by atomic mass is 9.99. The first-order valence-electron chi connectivity index (χ1n) is 3.46. The van der Waals surface area contributed by atoms with Gasteiger partial charge in [-0.05, 0) is 32.2 Å². The lowest BCUT2D eigenvalue weighted by Gasteiger charge is -2.35. The number of dihydropyridines is 1. The van der Waals surface area contributed by atoms with Gasteiger partial charge in [0.1, 0.15) is 10.1 Å². The van der Waals surface area contributed by atoms with E-state index in [2.05, 4.69) is 21.2 Å². The lowest BCUT2D eigenvalue weighted by Crippen LogP contribution is -2.50. The number of nitrogens with one attached hydrogen (secondary N) is 1. The summed E-state index contributed by atoms with van der Waals surface area (Å²) in [6.07, 6.45) is 7.11. The highest BCUT2D eigenvalue weighted by Crippen LogP contribution is 2.34. The maximum Gasteiger partial charge on any atom is 0.145 e. The van der Waals surface area contributed by atoms with Gasteiger partial charge in [-0.15, -0.1) is 0 Å². The molecule has 0 aliphatic carbocycles. The normalized spacial score (nSPS) is 30.2. The number of allylic oxidation sites excluding steroid dienone is 2. The molecule has 1 heterocycles. The molecule has 1 rings (SSSR count). The highest BCUT2D eigenvalue weighted by Gasteiger charge is 2.41. The monoisotopic (exact) mass is 219 g/mol. The van der Waals surface area contributed by atoms with Gasteiger partial charge in [0.25, 0.3) is 0 Å². The van der Waals surface area contributed by atoms with E-state index in [1.165, 1.54) is 13.8 Å². The van der Waals surface area contributed by atoms with E-state index in [-0.39, 0.29) is 0 Å². The Bertz CT molecular complexity index is 205. The Labute approximate surface area is 74.5 Å². The topological polar surface area (TPSA) is 12.0 Å². The molecule has 0 fully saturated rings. The molecule has 0 aromatic heterocycles. The molecular formula is C8H11BrFN. The first-order valence-corrected chi connectivity index (χ1v) is 4.25. The van der Waals surface area contributed by atoms with E-state index in [4.69, 9.17) is 0 Å². The van der Waals surface area contributed by atoms with Gasteiger partial charge in [-0.25, -0.2) is 4.39 Å². The van der Waals surface area contributed by atoms with Crippen LogP contribution in [0, 0.1) is 0 Å². The van der Waals surface area contributed by atoms with E-state index in [1.54, 1.807) is 12.3 Å². The highest BCUT2D eigenvalue weighted by molar-refractivity contribution is 9.10. The van der Waals surface area contributed by atoms with Gasteiger partial charge in [-0.2, -0.15) is 0 Å². The molecule has 0 bridgehead atoms. The molecule has 0 spiro atoms. The molecule has 1 unspecified atom stereocenters. The van der Waals surface area contributed by atoms with Crippen molar-refractivity contribution in [1.29, 1.82) is 0 Å². The van der Waals surface area contributed by atoms with Crippen molar-refractivity contribution in [2.45, 2.75) is 24.0 Å². The zero-order chi connectivity index (χ0) is 8.54. The zero-order valence-electron chi connectivity index (χ0n) is 6.57. The van der Waals surface area contributed by atoms with Gasteiger partial charge in [-0.3, -0.25) is 0 Å². The van der Waals surface area contributed by atoms with E-state index in [9.17, 15) is 4.39 Å². The summed E-state index contributed by atoms with van der Waals surface area (Å²) < 4.78 is 12.7. The van der Waals surface area contributed by atoms with Crippen molar-refractivity contribution >= 4 is 15.9 Å².